The summed E-state index contributed by atoms with van der Waals surface area (Å²) >= 11 is 6.64. The van der Waals surface area contributed by atoms with Gasteiger partial charge in [-0.05, 0) is 38.1 Å². The Hall–Kier alpha value is -2.31. The predicted octanol–water partition coefficient (Wildman–Crippen LogP) is 4.42. The molecule has 4 nitrogen and oxygen atoms in total. The van der Waals surface area contributed by atoms with Crippen molar-refractivity contribution in [1.82, 2.24) is 9.47 Å². The van der Waals surface area contributed by atoms with Gasteiger partial charge >= 0.3 is 0 Å². The van der Waals surface area contributed by atoms with Crippen LogP contribution in [-0.4, -0.2) is 32.0 Å². The number of rotatable bonds is 4. The smallest absolute Gasteiger partial charge is 0.273 e. The fourth-order valence-corrected chi connectivity index (χ4v) is 4.32. The van der Waals surface area contributed by atoms with Gasteiger partial charge in [-0.25, -0.2) is 0 Å². The van der Waals surface area contributed by atoms with Gasteiger partial charge in [0.25, 0.3) is 5.56 Å². The molecule has 3 rings (SSSR count). The van der Waals surface area contributed by atoms with Crippen LogP contribution in [0.25, 0.3) is 16.6 Å². The second-order valence-corrected chi connectivity index (χ2v) is 7.36. The average molecular weight is 385 g/mol. The number of nitrogens with zero attached hydrogens (tertiary/aromatic N) is 2. The number of para-hydroxylation sites is 2. The topological polar surface area (TPSA) is 45.5 Å². The van der Waals surface area contributed by atoms with E-state index in [-0.39, 0.29) is 16.2 Å². The lowest BCUT2D eigenvalue weighted by Crippen LogP contribution is -2.28. The third kappa shape index (κ3) is 3.34. The number of thiocarbonyl (C=S) groups is 1. The summed E-state index contributed by atoms with van der Waals surface area (Å²) < 4.78 is 2.21. The van der Waals surface area contributed by atoms with E-state index in [9.17, 15) is 9.90 Å². The zero-order valence-electron chi connectivity index (χ0n) is 14.7. The van der Waals surface area contributed by atoms with Crippen molar-refractivity contribution in [2.24, 2.45) is 0 Å². The number of thioether (sulfide) groups is 1. The fourth-order valence-electron chi connectivity index (χ4n) is 2.86. The summed E-state index contributed by atoms with van der Waals surface area (Å²) in [6.45, 7) is 5.53. The number of aromatic nitrogens is 1. The molecular weight excluding hydrogens is 364 g/mol. The standard InChI is InChI=1S/C20H20N2O2S2/c1-3-21(4-2)20(25)26-18-17(23)15-12-8-9-13-16(15)22(19(18)24)14-10-6-5-7-11-14/h5-13,23H,3-4H2,1-2H3. The molecule has 0 unspecified atom stereocenters. The first-order chi connectivity index (χ1) is 12.6. The second kappa shape index (κ2) is 7.93. The van der Waals surface area contributed by atoms with Crippen LogP contribution in [-0.2, 0) is 0 Å². The highest BCUT2D eigenvalue weighted by Crippen LogP contribution is 2.34. The molecule has 0 aliphatic carbocycles. The molecule has 1 aromatic heterocycles. The van der Waals surface area contributed by atoms with Crippen molar-refractivity contribution in [2.45, 2.75) is 18.7 Å². The number of pyridine rings is 1. The molecule has 0 amide bonds. The van der Waals surface area contributed by atoms with E-state index in [4.69, 9.17) is 12.2 Å². The molecule has 0 fully saturated rings. The van der Waals surface area contributed by atoms with Gasteiger partial charge in [0.1, 0.15) is 15.0 Å². The van der Waals surface area contributed by atoms with Crippen molar-refractivity contribution in [2.75, 3.05) is 13.1 Å². The second-order valence-electron chi connectivity index (χ2n) is 5.71. The Balaban J connectivity index is 2.25. The van der Waals surface area contributed by atoms with Crippen molar-refractivity contribution in [3.05, 3.63) is 65.0 Å². The molecule has 0 bridgehead atoms. The van der Waals surface area contributed by atoms with Crippen LogP contribution in [0.4, 0.5) is 0 Å². The fraction of sp³-hybridized carbons (Fsp3) is 0.200. The van der Waals surface area contributed by atoms with Gasteiger partial charge in [0.15, 0.2) is 0 Å². The zero-order valence-corrected chi connectivity index (χ0v) is 16.3. The van der Waals surface area contributed by atoms with E-state index in [1.54, 1.807) is 4.57 Å². The third-order valence-corrected chi connectivity index (χ3v) is 5.75. The zero-order chi connectivity index (χ0) is 18.7. The number of benzene rings is 2. The van der Waals surface area contributed by atoms with Gasteiger partial charge in [0, 0.05) is 24.2 Å². The molecule has 3 aromatic rings. The van der Waals surface area contributed by atoms with E-state index in [0.29, 0.717) is 15.2 Å². The van der Waals surface area contributed by atoms with Crippen molar-refractivity contribution in [1.29, 1.82) is 0 Å². The monoisotopic (exact) mass is 384 g/mol. The highest BCUT2D eigenvalue weighted by Gasteiger charge is 2.20. The van der Waals surface area contributed by atoms with Gasteiger partial charge in [-0.2, -0.15) is 0 Å². The van der Waals surface area contributed by atoms with E-state index in [0.717, 1.165) is 30.5 Å². The first-order valence-electron chi connectivity index (χ1n) is 8.47. The van der Waals surface area contributed by atoms with Gasteiger partial charge in [-0.3, -0.25) is 9.36 Å². The van der Waals surface area contributed by atoms with Gasteiger partial charge in [-0.1, -0.05) is 54.3 Å². The van der Waals surface area contributed by atoms with Crippen molar-refractivity contribution in [3.63, 3.8) is 0 Å². The molecule has 0 radical (unpaired) electrons. The van der Waals surface area contributed by atoms with Crippen LogP contribution >= 0.6 is 24.0 Å². The van der Waals surface area contributed by atoms with Crippen LogP contribution in [0.1, 0.15) is 13.8 Å². The molecule has 0 aliphatic heterocycles. The van der Waals surface area contributed by atoms with E-state index in [1.165, 1.54) is 0 Å². The number of fused-ring (bicyclic) bond motifs is 1. The lowest BCUT2D eigenvalue weighted by atomic mass is 10.2. The minimum Gasteiger partial charge on any atom is -0.506 e. The Morgan fingerprint density at radius 3 is 2.35 bits per heavy atom. The molecule has 0 atom stereocenters. The lowest BCUT2D eigenvalue weighted by molar-refractivity contribution is 0.465. The van der Waals surface area contributed by atoms with E-state index >= 15 is 0 Å². The van der Waals surface area contributed by atoms with E-state index < -0.39 is 0 Å². The Labute approximate surface area is 162 Å². The minimum absolute atomic E-state index is 0.0164. The van der Waals surface area contributed by atoms with Crippen LogP contribution in [0, 0.1) is 0 Å². The van der Waals surface area contributed by atoms with E-state index in [2.05, 4.69) is 0 Å². The molecule has 0 saturated carbocycles. The molecule has 26 heavy (non-hydrogen) atoms. The highest BCUT2D eigenvalue weighted by molar-refractivity contribution is 8.23. The van der Waals surface area contributed by atoms with Crippen LogP contribution in [0.15, 0.2) is 64.3 Å². The number of aromatic hydroxyl groups is 1. The highest BCUT2D eigenvalue weighted by atomic mass is 32.2. The normalized spacial score (nSPS) is 10.8. The summed E-state index contributed by atoms with van der Waals surface area (Å²) in [6, 6.07) is 16.8. The largest absolute Gasteiger partial charge is 0.506 e. The first kappa shape index (κ1) is 18.5. The first-order valence-corrected chi connectivity index (χ1v) is 9.69. The molecule has 6 heteroatoms. The minimum atomic E-state index is -0.271. The maximum absolute atomic E-state index is 13.2. The van der Waals surface area contributed by atoms with Crippen LogP contribution in [0.2, 0.25) is 0 Å². The molecule has 134 valence electrons. The van der Waals surface area contributed by atoms with Crippen molar-refractivity contribution >= 4 is 39.2 Å². The molecular formula is C20H20N2O2S2. The predicted molar refractivity (Wildman–Crippen MR) is 113 cm³/mol. The van der Waals surface area contributed by atoms with E-state index in [1.807, 2.05) is 73.3 Å². The maximum atomic E-state index is 13.2. The Kier molecular flexibility index (Phi) is 5.64. The average Bonchev–Trinajstić information content (AvgIpc) is 2.67. The third-order valence-electron chi connectivity index (χ3n) is 4.24. The van der Waals surface area contributed by atoms with Crippen molar-refractivity contribution < 1.29 is 5.11 Å². The summed E-state index contributed by atoms with van der Waals surface area (Å²) in [5, 5.41) is 11.4. The quantitative estimate of drug-likeness (QED) is 0.533. The lowest BCUT2D eigenvalue weighted by Gasteiger charge is -2.21. The van der Waals surface area contributed by atoms with Crippen molar-refractivity contribution in [3.8, 4) is 11.4 Å². The Bertz CT molecular complexity index is 996. The summed E-state index contributed by atoms with van der Waals surface area (Å²) in [4.78, 5) is 15.5. The molecule has 2 aromatic carbocycles. The van der Waals surface area contributed by atoms with Crippen LogP contribution < -0.4 is 5.56 Å². The van der Waals surface area contributed by atoms with Gasteiger partial charge in [-0.15, -0.1) is 0 Å². The van der Waals surface area contributed by atoms with Gasteiger partial charge in [0.05, 0.1) is 5.52 Å². The van der Waals surface area contributed by atoms with Gasteiger partial charge in [0.2, 0.25) is 0 Å². The molecule has 0 spiro atoms. The number of hydrogen-bond acceptors (Lipinski definition) is 4. The van der Waals surface area contributed by atoms with Crippen LogP contribution in [0.5, 0.6) is 5.75 Å². The summed E-state index contributed by atoms with van der Waals surface area (Å²) in [5.41, 5.74) is 1.15. The summed E-state index contributed by atoms with van der Waals surface area (Å²) in [7, 11) is 0. The molecule has 0 aliphatic rings. The summed E-state index contributed by atoms with van der Waals surface area (Å²) in [6.07, 6.45) is 0. The maximum Gasteiger partial charge on any atom is 0.273 e. The number of hydrogen-bond donors (Lipinski definition) is 1. The Morgan fingerprint density at radius 1 is 1.08 bits per heavy atom. The molecule has 0 saturated heterocycles. The van der Waals surface area contributed by atoms with Crippen LogP contribution in [0.3, 0.4) is 0 Å². The SMILES string of the molecule is CCN(CC)C(=S)Sc1c(O)c2ccccc2n(-c2ccccc2)c1=O. The Morgan fingerprint density at radius 2 is 1.69 bits per heavy atom. The van der Waals surface area contributed by atoms with Gasteiger partial charge < -0.3 is 10.0 Å². The molecule has 1 heterocycles. The molecule has 1 N–H and O–H groups in total. The summed E-state index contributed by atoms with van der Waals surface area (Å²) in [5.74, 6) is -0.0164.